The fraction of sp³-hybridized carbons (Fsp3) is 0.455. The van der Waals surface area contributed by atoms with E-state index in [9.17, 15) is 9.90 Å². The van der Waals surface area contributed by atoms with E-state index in [1.807, 2.05) is 0 Å². The van der Waals surface area contributed by atoms with Gasteiger partial charge in [-0.1, -0.05) is 0 Å². The summed E-state index contributed by atoms with van der Waals surface area (Å²) in [6, 6.07) is 3.44. The molecule has 0 aliphatic heterocycles. The van der Waals surface area contributed by atoms with Crippen molar-refractivity contribution in [1.29, 1.82) is 0 Å². The van der Waals surface area contributed by atoms with Crippen molar-refractivity contribution in [2.75, 3.05) is 6.61 Å². The lowest BCUT2D eigenvalue weighted by Gasteiger charge is -2.18. The predicted molar refractivity (Wildman–Crippen MR) is 56.2 cm³/mol. The molecule has 15 heavy (non-hydrogen) atoms. The first kappa shape index (κ1) is 11.7. The van der Waals surface area contributed by atoms with E-state index in [1.165, 1.54) is 0 Å². The van der Waals surface area contributed by atoms with E-state index in [0.717, 1.165) is 5.69 Å². The first-order chi connectivity index (χ1) is 6.92. The Morgan fingerprint density at radius 2 is 2.20 bits per heavy atom. The highest BCUT2D eigenvalue weighted by atomic mass is 16.5. The van der Waals surface area contributed by atoms with E-state index in [-0.39, 0.29) is 12.3 Å². The number of aldehydes is 1. The van der Waals surface area contributed by atoms with Gasteiger partial charge in [-0.3, -0.25) is 4.79 Å². The van der Waals surface area contributed by atoms with Gasteiger partial charge in [0.2, 0.25) is 0 Å². The Balaban J connectivity index is 2.81. The van der Waals surface area contributed by atoms with Crippen LogP contribution in [0.2, 0.25) is 0 Å². The van der Waals surface area contributed by atoms with Crippen LogP contribution in [0.1, 0.15) is 30.0 Å². The molecule has 0 saturated heterocycles. The number of hydrogen-bond donors (Lipinski definition) is 1. The van der Waals surface area contributed by atoms with Gasteiger partial charge in [-0.05, 0) is 32.9 Å². The highest BCUT2D eigenvalue weighted by Gasteiger charge is 2.15. The van der Waals surface area contributed by atoms with Crippen molar-refractivity contribution in [1.82, 2.24) is 4.98 Å². The van der Waals surface area contributed by atoms with E-state index in [0.29, 0.717) is 12.0 Å². The Morgan fingerprint density at radius 1 is 1.53 bits per heavy atom. The minimum atomic E-state index is -0.926. The molecule has 0 aliphatic carbocycles. The summed E-state index contributed by atoms with van der Waals surface area (Å²) < 4.78 is 5.30. The number of pyridine rings is 1. The monoisotopic (exact) mass is 209 g/mol. The molecule has 0 fully saturated rings. The molecule has 1 aromatic heterocycles. The summed E-state index contributed by atoms with van der Waals surface area (Å²) in [5, 5.41) is 9.46. The molecule has 0 unspecified atom stereocenters. The molecule has 82 valence electrons. The first-order valence-electron chi connectivity index (χ1n) is 4.70. The summed E-state index contributed by atoms with van der Waals surface area (Å²) >= 11 is 0. The Labute approximate surface area is 88.9 Å². The first-order valence-corrected chi connectivity index (χ1v) is 4.70. The normalized spacial score (nSPS) is 11.2. The van der Waals surface area contributed by atoms with Crippen molar-refractivity contribution in [3.63, 3.8) is 0 Å². The van der Waals surface area contributed by atoms with E-state index in [1.54, 1.807) is 32.9 Å². The average molecular weight is 209 g/mol. The van der Waals surface area contributed by atoms with Gasteiger partial charge in [0, 0.05) is 5.69 Å². The maximum atomic E-state index is 10.7. The van der Waals surface area contributed by atoms with Gasteiger partial charge in [0.25, 0.3) is 0 Å². The predicted octanol–water partition coefficient (Wildman–Crippen LogP) is 1.35. The van der Waals surface area contributed by atoms with Crippen molar-refractivity contribution < 1.29 is 14.6 Å². The number of aryl methyl sites for hydroxylation is 1. The minimum absolute atomic E-state index is 0.124. The van der Waals surface area contributed by atoms with Crippen molar-refractivity contribution in [3.05, 3.63) is 23.5 Å². The molecule has 0 radical (unpaired) electrons. The topological polar surface area (TPSA) is 59.4 Å². The minimum Gasteiger partial charge on any atom is -0.488 e. The molecule has 1 rings (SSSR count). The number of nitrogens with zero attached hydrogens (tertiary/aromatic N) is 1. The lowest BCUT2D eigenvalue weighted by atomic mass is 10.2. The van der Waals surface area contributed by atoms with Crippen LogP contribution in [0.3, 0.4) is 0 Å². The van der Waals surface area contributed by atoms with Gasteiger partial charge in [0.1, 0.15) is 18.1 Å². The zero-order valence-corrected chi connectivity index (χ0v) is 9.15. The molecular weight excluding hydrogens is 194 g/mol. The van der Waals surface area contributed by atoms with Gasteiger partial charge in [-0.2, -0.15) is 0 Å². The molecule has 0 atom stereocenters. The molecule has 1 N–H and O–H groups in total. The van der Waals surface area contributed by atoms with Crippen LogP contribution in [0.25, 0.3) is 0 Å². The average Bonchev–Trinajstić information content (AvgIpc) is 2.14. The molecule has 0 aliphatic rings. The standard InChI is InChI=1S/C11H15NO3/c1-8-4-5-10(9(6-13)12-8)15-7-11(2,3)14/h4-6,14H,7H2,1-3H3. The third-order valence-corrected chi connectivity index (χ3v) is 1.72. The second kappa shape index (κ2) is 4.40. The second-order valence-corrected chi connectivity index (χ2v) is 4.05. The van der Waals surface area contributed by atoms with E-state index in [2.05, 4.69) is 4.98 Å². The SMILES string of the molecule is Cc1ccc(OCC(C)(C)O)c(C=O)n1. The van der Waals surface area contributed by atoms with Crippen LogP contribution in [-0.2, 0) is 0 Å². The number of aromatic nitrogens is 1. The molecule has 0 spiro atoms. The zero-order valence-electron chi connectivity index (χ0n) is 9.15. The Bertz CT molecular complexity index is 355. The van der Waals surface area contributed by atoms with Crippen molar-refractivity contribution >= 4 is 6.29 Å². The molecule has 1 heterocycles. The Hall–Kier alpha value is -1.42. The van der Waals surface area contributed by atoms with Gasteiger partial charge in [-0.25, -0.2) is 4.98 Å². The van der Waals surface area contributed by atoms with Crippen LogP contribution >= 0.6 is 0 Å². The molecule has 0 amide bonds. The van der Waals surface area contributed by atoms with Crippen LogP contribution in [0.5, 0.6) is 5.75 Å². The summed E-state index contributed by atoms with van der Waals surface area (Å²) in [6.07, 6.45) is 0.646. The van der Waals surface area contributed by atoms with E-state index >= 15 is 0 Å². The fourth-order valence-electron chi connectivity index (χ4n) is 1.02. The number of ether oxygens (including phenoxy) is 1. The van der Waals surface area contributed by atoms with Crippen molar-refractivity contribution in [3.8, 4) is 5.75 Å². The van der Waals surface area contributed by atoms with Crippen molar-refractivity contribution in [2.45, 2.75) is 26.4 Å². The maximum Gasteiger partial charge on any atom is 0.172 e. The van der Waals surface area contributed by atoms with Crippen LogP contribution in [0.15, 0.2) is 12.1 Å². The molecule has 1 aromatic rings. The molecule has 0 bridgehead atoms. The lowest BCUT2D eigenvalue weighted by Crippen LogP contribution is -2.28. The van der Waals surface area contributed by atoms with E-state index in [4.69, 9.17) is 4.74 Å². The van der Waals surface area contributed by atoms with Gasteiger partial charge >= 0.3 is 0 Å². The van der Waals surface area contributed by atoms with Gasteiger partial charge in [0.05, 0.1) is 5.60 Å². The summed E-state index contributed by atoms with van der Waals surface area (Å²) in [4.78, 5) is 14.7. The summed E-state index contributed by atoms with van der Waals surface area (Å²) in [6.45, 7) is 5.19. The number of aliphatic hydroxyl groups is 1. The summed E-state index contributed by atoms with van der Waals surface area (Å²) in [5.41, 5.74) is 0.0948. The van der Waals surface area contributed by atoms with Gasteiger partial charge in [0.15, 0.2) is 6.29 Å². The molecule has 4 heteroatoms. The largest absolute Gasteiger partial charge is 0.488 e. The summed E-state index contributed by atoms with van der Waals surface area (Å²) in [7, 11) is 0. The molecular formula is C11H15NO3. The second-order valence-electron chi connectivity index (χ2n) is 4.05. The lowest BCUT2D eigenvalue weighted by molar-refractivity contribution is 0.0280. The van der Waals surface area contributed by atoms with Crippen LogP contribution in [0.4, 0.5) is 0 Å². The van der Waals surface area contributed by atoms with Gasteiger partial charge < -0.3 is 9.84 Å². The number of hydrogen-bond acceptors (Lipinski definition) is 4. The Morgan fingerprint density at radius 3 is 2.73 bits per heavy atom. The van der Waals surface area contributed by atoms with E-state index < -0.39 is 5.60 Å². The summed E-state index contributed by atoms with van der Waals surface area (Å²) in [5.74, 6) is 0.401. The van der Waals surface area contributed by atoms with Crippen LogP contribution in [-0.4, -0.2) is 28.6 Å². The highest BCUT2D eigenvalue weighted by Crippen LogP contribution is 2.16. The van der Waals surface area contributed by atoms with Gasteiger partial charge in [-0.15, -0.1) is 0 Å². The highest BCUT2D eigenvalue weighted by molar-refractivity contribution is 5.76. The Kier molecular flexibility index (Phi) is 3.42. The number of carbonyl (C=O) groups excluding carboxylic acids is 1. The number of rotatable bonds is 4. The maximum absolute atomic E-state index is 10.7. The smallest absolute Gasteiger partial charge is 0.172 e. The quantitative estimate of drug-likeness (QED) is 0.760. The number of carbonyl (C=O) groups is 1. The molecule has 4 nitrogen and oxygen atoms in total. The molecule has 0 aromatic carbocycles. The third-order valence-electron chi connectivity index (χ3n) is 1.72. The van der Waals surface area contributed by atoms with Crippen LogP contribution in [0, 0.1) is 6.92 Å². The molecule has 0 saturated carbocycles. The zero-order chi connectivity index (χ0) is 11.5. The van der Waals surface area contributed by atoms with Crippen molar-refractivity contribution in [2.24, 2.45) is 0 Å². The fourth-order valence-corrected chi connectivity index (χ4v) is 1.02. The van der Waals surface area contributed by atoms with Crippen LogP contribution < -0.4 is 4.74 Å². The third kappa shape index (κ3) is 3.67.